The molecule has 5 heteroatoms. The van der Waals surface area contributed by atoms with Gasteiger partial charge in [0.1, 0.15) is 0 Å². The topological polar surface area (TPSA) is 69.6 Å². The van der Waals surface area contributed by atoms with Gasteiger partial charge in [-0.15, -0.1) is 0 Å². The number of amides is 2. The minimum atomic E-state index is -0.904. The maximum atomic E-state index is 12.0. The Hall–Kier alpha value is -1.26. The maximum Gasteiger partial charge on any atom is 0.317 e. The van der Waals surface area contributed by atoms with Crippen LogP contribution < -0.4 is 5.32 Å². The van der Waals surface area contributed by atoms with Crippen molar-refractivity contribution in [3.05, 3.63) is 0 Å². The zero-order chi connectivity index (χ0) is 13.2. The molecule has 0 aromatic rings. The number of hydrogen-bond acceptors (Lipinski definition) is 2. The highest BCUT2D eigenvalue weighted by molar-refractivity contribution is 5.77. The number of rotatable bonds is 3. The SMILES string of the molecule is CC1CN(C(=O)NC(C)(C)CC(=O)O)CC1C. The first-order valence-electron chi connectivity index (χ1n) is 6.00. The summed E-state index contributed by atoms with van der Waals surface area (Å²) in [6, 6.07) is -0.160. The van der Waals surface area contributed by atoms with Gasteiger partial charge >= 0.3 is 12.0 Å². The molecule has 0 saturated carbocycles. The molecule has 0 spiro atoms. The molecule has 1 rings (SSSR count). The highest BCUT2D eigenvalue weighted by atomic mass is 16.4. The van der Waals surface area contributed by atoms with Gasteiger partial charge < -0.3 is 15.3 Å². The van der Waals surface area contributed by atoms with Gasteiger partial charge in [-0.05, 0) is 25.7 Å². The van der Waals surface area contributed by atoms with Crippen molar-refractivity contribution in [3.63, 3.8) is 0 Å². The summed E-state index contributed by atoms with van der Waals surface area (Å²) in [5.41, 5.74) is -0.710. The lowest BCUT2D eigenvalue weighted by atomic mass is 10.0. The van der Waals surface area contributed by atoms with Crippen molar-refractivity contribution in [3.8, 4) is 0 Å². The lowest BCUT2D eigenvalue weighted by Crippen LogP contribution is -2.50. The molecule has 1 fully saturated rings. The van der Waals surface area contributed by atoms with Gasteiger partial charge in [0.25, 0.3) is 0 Å². The number of carboxylic acid groups (broad SMARTS) is 1. The van der Waals surface area contributed by atoms with Crippen molar-refractivity contribution in [2.45, 2.75) is 39.7 Å². The van der Waals surface area contributed by atoms with Gasteiger partial charge in [-0.3, -0.25) is 4.79 Å². The molecular weight excluding hydrogens is 220 g/mol. The Morgan fingerprint density at radius 3 is 2.18 bits per heavy atom. The quantitative estimate of drug-likeness (QED) is 0.788. The second-order valence-corrected chi connectivity index (χ2v) is 5.74. The van der Waals surface area contributed by atoms with E-state index in [-0.39, 0.29) is 12.5 Å². The first-order valence-corrected chi connectivity index (χ1v) is 6.00. The van der Waals surface area contributed by atoms with E-state index in [4.69, 9.17) is 5.11 Å². The van der Waals surface area contributed by atoms with Crippen molar-refractivity contribution >= 4 is 12.0 Å². The van der Waals surface area contributed by atoms with Crippen LogP contribution in [-0.2, 0) is 4.79 Å². The van der Waals surface area contributed by atoms with Crippen molar-refractivity contribution in [2.75, 3.05) is 13.1 Å². The van der Waals surface area contributed by atoms with Gasteiger partial charge in [0.05, 0.1) is 6.42 Å². The summed E-state index contributed by atoms with van der Waals surface area (Å²) in [5.74, 6) is 0.102. The fraction of sp³-hybridized carbons (Fsp3) is 0.833. The zero-order valence-corrected chi connectivity index (χ0v) is 11.0. The third-order valence-electron chi connectivity index (χ3n) is 3.31. The molecule has 5 nitrogen and oxygen atoms in total. The molecule has 98 valence electrons. The number of urea groups is 1. The number of likely N-dealkylation sites (tertiary alicyclic amines) is 1. The van der Waals surface area contributed by atoms with Gasteiger partial charge in [-0.2, -0.15) is 0 Å². The van der Waals surface area contributed by atoms with E-state index in [1.165, 1.54) is 0 Å². The normalized spacial score (nSPS) is 24.8. The van der Waals surface area contributed by atoms with Gasteiger partial charge in [0, 0.05) is 18.6 Å². The van der Waals surface area contributed by atoms with Crippen molar-refractivity contribution in [1.82, 2.24) is 10.2 Å². The molecule has 2 amide bonds. The van der Waals surface area contributed by atoms with Gasteiger partial charge in [0.2, 0.25) is 0 Å². The molecule has 0 radical (unpaired) electrons. The van der Waals surface area contributed by atoms with Crippen LogP contribution in [0, 0.1) is 11.8 Å². The molecule has 2 unspecified atom stereocenters. The average molecular weight is 242 g/mol. The smallest absolute Gasteiger partial charge is 0.317 e. The number of aliphatic carboxylic acids is 1. The third-order valence-corrected chi connectivity index (χ3v) is 3.31. The van der Waals surface area contributed by atoms with E-state index in [1.54, 1.807) is 18.7 Å². The van der Waals surface area contributed by atoms with Crippen LogP contribution in [0.15, 0.2) is 0 Å². The highest BCUT2D eigenvalue weighted by Crippen LogP contribution is 2.22. The van der Waals surface area contributed by atoms with E-state index in [9.17, 15) is 9.59 Å². The van der Waals surface area contributed by atoms with Crippen LogP contribution in [0.5, 0.6) is 0 Å². The summed E-state index contributed by atoms with van der Waals surface area (Å²) in [5, 5.41) is 11.5. The van der Waals surface area contributed by atoms with E-state index < -0.39 is 11.5 Å². The number of carboxylic acids is 1. The van der Waals surface area contributed by atoms with Gasteiger partial charge in [-0.1, -0.05) is 13.8 Å². The monoisotopic (exact) mass is 242 g/mol. The summed E-state index contributed by atoms with van der Waals surface area (Å²) in [6.45, 7) is 9.19. The zero-order valence-electron chi connectivity index (χ0n) is 11.0. The third kappa shape index (κ3) is 3.91. The predicted octanol–water partition coefficient (Wildman–Crippen LogP) is 1.54. The second-order valence-electron chi connectivity index (χ2n) is 5.74. The van der Waals surface area contributed by atoms with Crippen LogP contribution in [0.4, 0.5) is 4.79 Å². The Morgan fingerprint density at radius 1 is 1.29 bits per heavy atom. The van der Waals surface area contributed by atoms with Crippen molar-refractivity contribution in [1.29, 1.82) is 0 Å². The Kier molecular flexibility index (Phi) is 4.01. The summed E-state index contributed by atoms with van der Waals surface area (Å²) in [7, 11) is 0. The molecule has 2 atom stereocenters. The standard InChI is InChI=1S/C12H22N2O3/c1-8-6-14(7-9(8)2)11(17)13-12(3,4)5-10(15)16/h8-9H,5-7H2,1-4H3,(H,13,17)(H,15,16). The van der Waals surface area contributed by atoms with E-state index in [0.717, 1.165) is 13.1 Å². The largest absolute Gasteiger partial charge is 0.481 e. The number of hydrogen-bond donors (Lipinski definition) is 2. The van der Waals surface area contributed by atoms with Crippen LogP contribution in [0.1, 0.15) is 34.1 Å². The average Bonchev–Trinajstić information content (AvgIpc) is 2.43. The summed E-state index contributed by atoms with van der Waals surface area (Å²) in [6.07, 6.45) is -0.0717. The number of nitrogens with one attached hydrogen (secondary N) is 1. The van der Waals surface area contributed by atoms with Gasteiger partial charge in [0.15, 0.2) is 0 Å². The minimum absolute atomic E-state index is 0.0717. The van der Waals surface area contributed by atoms with E-state index in [0.29, 0.717) is 11.8 Å². The van der Waals surface area contributed by atoms with E-state index >= 15 is 0 Å². The minimum Gasteiger partial charge on any atom is -0.481 e. The summed E-state index contributed by atoms with van der Waals surface area (Å²) < 4.78 is 0. The Bertz CT molecular complexity index is 305. The summed E-state index contributed by atoms with van der Waals surface area (Å²) >= 11 is 0. The molecule has 0 aliphatic carbocycles. The number of carbonyl (C=O) groups excluding carboxylic acids is 1. The van der Waals surface area contributed by atoms with Crippen LogP contribution in [-0.4, -0.2) is 40.6 Å². The maximum absolute atomic E-state index is 12.0. The van der Waals surface area contributed by atoms with Crippen molar-refractivity contribution in [2.24, 2.45) is 11.8 Å². The molecule has 0 aromatic heterocycles. The van der Waals surface area contributed by atoms with Crippen LogP contribution in [0.25, 0.3) is 0 Å². The molecule has 2 N–H and O–H groups in total. The summed E-state index contributed by atoms with van der Waals surface area (Å²) in [4.78, 5) is 24.4. The fourth-order valence-corrected chi connectivity index (χ4v) is 2.09. The highest BCUT2D eigenvalue weighted by Gasteiger charge is 2.32. The Balaban J connectivity index is 2.52. The lowest BCUT2D eigenvalue weighted by Gasteiger charge is -2.27. The fourth-order valence-electron chi connectivity index (χ4n) is 2.09. The van der Waals surface area contributed by atoms with Gasteiger partial charge in [-0.25, -0.2) is 4.79 Å². The molecule has 1 heterocycles. The van der Waals surface area contributed by atoms with Crippen LogP contribution >= 0.6 is 0 Å². The molecule has 17 heavy (non-hydrogen) atoms. The van der Waals surface area contributed by atoms with Crippen LogP contribution in [0.2, 0.25) is 0 Å². The number of nitrogens with zero attached hydrogens (tertiary/aromatic N) is 1. The number of carbonyl (C=O) groups is 2. The molecule has 0 aromatic carbocycles. The molecule has 1 saturated heterocycles. The van der Waals surface area contributed by atoms with Crippen LogP contribution in [0.3, 0.4) is 0 Å². The molecule has 0 bridgehead atoms. The molecule has 1 aliphatic heterocycles. The van der Waals surface area contributed by atoms with E-state index in [2.05, 4.69) is 19.2 Å². The molecule has 1 aliphatic rings. The second kappa shape index (κ2) is 4.94. The Morgan fingerprint density at radius 2 is 1.76 bits per heavy atom. The molecular formula is C12H22N2O3. The Labute approximate surface area is 102 Å². The predicted molar refractivity (Wildman–Crippen MR) is 64.8 cm³/mol. The first kappa shape index (κ1) is 13.8. The first-order chi connectivity index (χ1) is 7.71. The lowest BCUT2D eigenvalue weighted by molar-refractivity contribution is -0.138. The van der Waals surface area contributed by atoms with Crippen molar-refractivity contribution < 1.29 is 14.7 Å². The van der Waals surface area contributed by atoms with E-state index in [1.807, 2.05) is 0 Å².